The predicted molar refractivity (Wildman–Crippen MR) is 88.5 cm³/mol. The van der Waals surface area contributed by atoms with Gasteiger partial charge in [-0.1, -0.05) is 11.6 Å². The van der Waals surface area contributed by atoms with Crippen molar-refractivity contribution in [1.29, 1.82) is 0 Å². The molecule has 1 amide bonds. The number of halogens is 1. The van der Waals surface area contributed by atoms with E-state index < -0.39 is 15.1 Å². The van der Waals surface area contributed by atoms with Crippen LogP contribution in [0.2, 0.25) is 5.02 Å². The minimum absolute atomic E-state index is 0.388. The molecule has 0 bridgehead atoms. The first-order valence-electron chi connectivity index (χ1n) is 7.35. The van der Waals surface area contributed by atoms with Crippen molar-refractivity contribution in [3.8, 4) is 0 Å². The van der Waals surface area contributed by atoms with Gasteiger partial charge in [0.2, 0.25) is 5.91 Å². The Morgan fingerprint density at radius 2 is 1.95 bits per heavy atom. The smallest absolute Gasteiger partial charge is 0.245 e. The van der Waals surface area contributed by atoms with Gasteiger partial charge < -0.3 is 9.80 Å². The zero-order valence-electron chi connectivity index (χ0n) is 12.6. The van der Waals surface area contributed by atoms with E-state index in [1.807, 2.05) is 12.1 Å². The van der Waals surface area contributed by atoms with Gasteiger partial charge in [0, 0.05) is 30.4 Å². The average Bonchev–Trinajstić information content (AvgIpc) is 3.28. The second-order valence-electron chi connectivity index (χ2n) is 6.02. The lowest BCUT2D eigenvalue weighted by Gasteiger charge is -2.38. The molecule has 0 N–H and O–H groups in total. The molecule has 7 heteroatoms. The number of amides is 1. The third kappa shape index (κ3) is 2.82. The molecule has 1 fully saturated rings. The maximum atomic E-state index is 12.6. The molecule has 0 unspecified atom stereocenters. The van der Waals surface area contributed by atoms with E-state index in [-0.39, 0.29) is 5.91 Å². The number of hydrogen-bond donors (Lipinski definition) is 0. The number of fused-ring (bicyclic) bond motifs is 1. The summed E-state index contributed by atoms with van der Waals surface area (Å²) in [6.45, 7) is 2.65. The number of sulfone groups is 1. The standard InChI is InChI=1S/C15H19ClN2O3S/c1-10(22(2,20)21)15(19)18-8-7-17(12-4-5-12)13-6-3-11(16)9-14(13)18/h3,6,9-10,12H,4-5,7-8H2,1-2H3/t10-/m1/s1. The number of carbonyl (C=O) groups is 1. The Hall–Kier alpha value is -1.27. The van der Waals surface area contributed by atoms with Gasteiger partial charge in [0.1, 0.15) is 5.25 Å². The highest BCUT2D eigenvalue weighted by Gasteiger charge is 2.38. The third-order valence-electron chi connectivity index (χ3n) is 4.35. The first-order valence-corrected chi connectivity index (χ1v) is 9.68. The molecule has 1 aromatic rings. The third-order valence-corrected chi connectivity index (χ3v) is 6.07. The lowest BCUT2D eigenvalue weighted by atomic mass is 10.1. The van der Waals surface area contributed by atoms with Gasteiger partial charge in [-0.15, -0.1) is 0 Å². The molecular formula is C15H19ClN2O3S. The van der Waals surface area contributed by atoms with E-state index in [0.717, 1.165) is 31.3 Å². The number of carbonyl (C=O) groups excluding carboxylic acids is 1. The van der Waals surface area contributed by atoms with Crippen LogP contribution in [0.1, 0.15) is 19.8 Å². The summed E-state index contributed by atoms with van der Waals surface area (Å²) in [7, 11) is -3.42. The Labute approximate surface area is 135 Å². The van der Waals surface area contributed by atoms with Crippen LogP contribution < -0.4 is 9.80 Å². The van der Waals surface area contributed by atoms with E-state index in [1.165, 1.54) is 6.92 Å². The van der Waals surface area contributed by atoms with Crippen molar-refractivity contribution in [2.45, 2.75) is 31.1 Å². The molecule has 1 saturated carbocycles. The number of rotatable bonds is 3. The second-order valence-corrected chi connectivity index (χ2v) is 8.82. The number of anilines is 2. The molecule has 5 nitrogen and oxygen atoms in total. The molecule has 120 valence electrons. The zero-order chi connectivity index (χ0) is 16.1. The summed E-state index contributed by atoms with van der Waals surface area (Å²) < 4.78 is 23.4. The van der Waals surface area contributed by atoms with E-state index in [4.69, 9.17) is 11.6 Å². The van der Waals surface area contributed by atoms with Crippen LogP contribution in [0.25, 0.3) is 0 Å². The summed E-state index contributed by atoms with van der Waals surface area (Å²) in [4.78, 5) is 16.4. The molecule has 1 aliphatic heterocycles. The minimum atomic E-state index is -3.42. The molecule has 22 heavy (non-hydrogen) atoms. The highest BCUT2D eigenvalue weighted by molar-refractivity contribution is 7.92. The summed E-state index contributed by atoms with van der Waals surface area (Å²) in [5.74, 6) is -0.388. The lowest BCUT2D eigenvalue weighted by Crippen LogP contribution is -2.49. The van der Waals surface area contributed by atoms with Gasteiger partial charge in [0.25, 0.3) is 0 Å². The van der Waals surface area contributed by atoms with Gasteiger partial charge >= 0.3 is 0 Å². The van der Waals surface area contributed by atoms with E-state index in [2.05, 4.69) is 4.90 Å². The number of nitrogens with zero attached hydrogens (tertiary/aromatic N) is 2. The SMILES string of the molecule is C[C@H](C(=O)N1CCN(C2CC2)c2ccc(Cl)cc21)S(C)(=O)=O. The number of benzene rings is 1. The van der Waals surface area contributed by atoms with Crippen LogP contribution in [0.15, 0.2) is 18.2 Å². The molecule has 2 aliphatic rings. The molecule has 1 atom stereocenters. The lowest BCUT2D eigenvalue weighted by molar-refractivity contribution is -0.118. The van der Waals surface area contributed by atoms with Gasteiger partial charge in [0.05, 0.1) is 11.4 Å². The summed E-state index contributed by atoms with van der Waals surface area (Å²) in [5, 5.41) is -0.506. The van der Waals surface area contributed by atoms with Crippen LogP contribution in [-0.2, 0) is 14.6 Å². The van der Waals surface area contributed by atoms with E-state index >= 15 is 0 Å². The van der Waals surface area contributed by atoms with Crippen molar-refractivity contribution in [3.63, 3.8) is 0 Å². The fraction of sp³-hybridized carbons (Fsp3) is 0.533. The Kier molecular flexibility index (Phi) is 3.85. The average molecular weight is 343 g/mol. The highest BCUT2D eigenvalue weighted by Crippen LogP contribution is 2.41. The number of hydrogen-bond acceptors (Lipinski definition) is 4. The second kappa shape index (κ2) is 5.42. The molecule has 0 saturated heterocycles. The molecule has 0 radical (unpaired) electrons. The van der Waals surface area contributed by atoms with Gasteiger partial charge in [-0.3, -0.25) is 4.79 Å². The van der Waals surface area contributed by atoms with Crippen molar-refractivity contribution in [2.75, 3.05) is 29.1 Å². The van der Waals surface area contributed by atoms with Gasteiger partial charge in [-0.2, -0.15) is 0 Å². The van der Waals surface area contributed by atoms with E-state index in [0.29, 0.717) is 23.3 Å². The predicted octanol–water partition coefficient (Wildman–Crippen LogP) is 2.09. The van der Waals surface area contributed by atoms with Crippen molar-refractivity contribution in [2.24, 2.45) is 0 Å². The molecule has 0 aromatic heterocycles. The molecule has 0 spiro atoms. The first-order chi connectivity index (χ1) is 10.3. The monoisotopic (exact) mass is 342 g/mol. The Morgan fingerprint density at radius 1 is 1.27 bits per heavy atom. The van der Waals surface area contributed by atoms with Crippen LogP contribution in [0, 0.1) is 0 Å². The maximum absolute atomic E-state index is 12.6. The Bertz CT molecular complexity index is 715. The Balaban J connectivity index is 1.98. The van der Waals surface area contributed by atoms with Gasteiger partial charge in [0.15, 0.2) is 9.84 Å². The van der Waals surface area contributed by atoms with Gasteiger partial charge in [-0.25, -0.2) is 8.42 Å². The van der Waals surface area contributed by atoms with Crippen molar-refractivity contribution < 1.29 is 13.2 Å². The maximum Gasteiger partial charge on any atom is 0.245 e. The van der Waals surface area contributed by atoms with Crippen molar-refractivity contribution in [3.05, 3.63) is 23.2 Å². The van der Waals surface area contributed by atoms with E-state index in [9.17, 15) is 13.2 Å². The molecule has 1 aromatic carbocycles. The van der Waals surface area contributed by atoms with Crippen LogP contribution >= 0.6 is 11.6 Å². The molecule has 3 rings (SSSR count). The summed E-state index contributed by atoms with van der Waals surface area (Å²) in [6, 6.07) is 6.01. The molecule has 1 heterocycles. The van der Waals surface area contributed by atoms with Crippen LogP contribution in [-0.4, -0.2) is 45.0 Å². The largest absolute Gasteiger partial charge is 0.365 e. The topological polar surface area (TPSA) is 57.7 Å². The van der Waals surface area contributed by atoms with Crippen molar-refractivity contribution >= 4 is 38.7 Å². The fourth-order valence-corrected chi connectivity index (χ4v) is 3.46. The van der Waals surface area contributed by atoms with E-state index in [1.54, 1.807) is 11.0 Å². The summed E-state index contributed by atoms with van der Waals surface area (Å²) >= 11 is 6.08. The quantitative estimate of drug-likeness (QED) is 0.844. The van der Waals surface area contributed by atoms with Crippen LogP contribution in [0.3, 0.4) is 0 Å². The van der Waals surface area contributed by atoms with Gasteiger partial charge in [-0.05, 0) is 38.0 Å². The normalized spacial score (nSPS) is 19.8. The first kappa shape index (κ1) is 15.6. The minimum Gasteiger partial charge on any atom is -0.365 e. The molecular weight excluding hydrogens is 324 g/mol. The van der Waals surface area contributed by atoms with Crippen LogP contribution in [0.5, 0.6) is 0 Å². The Morgan fingerprint density at radius 3 is 2.55 bits per heavy atom. The zero-order valence-corrected chi connectivity index (χ0v) is 14.2. The van der Waals surface area contributed by atoms with Crippen LogP contribution in [0.4, 0.5) is 11.4 Å². The fourth-order valence-electron chi connectivity index (χ4n) is 2.80. The molecule has 1 aliphatic carbocycles. The summed E-state index contributed by atoms with van der Waals surface area (Å²) in [6.07, 6.45) is 3.42. The summed E-state index contributed by atoms with van der Waals surface area (Å²) in [5.41, 5.74) is 1.68. The van der Waals surface area contributed by atoms with Crippen molar-refractivity contribution in [1.82, 2.24) is 0 Å². The highest BCUT2D eigenvalue weighted by atomic mass is 35.5.